The molecule has 1 aromatic rings. The van der Waals surface area contributed by atoms with Crippen LogP contribution in [0.5, 0.6) is 11.5 Å². The molecule has 22 heavy (non-hydrogen) atoms. The summed E-state index contributed by atoms with van der Waals surface area (Å²) in [5.74, 6) is -0.863. The molecule has 2 N–H and O–H groups in total. The van der Waals surface area contributed by atoms with Crippen molar-refractivity contribution in [3.05, 3.63) is 17.7 Å². The third-order valence-electron chi connectivity index (χ3n) is 3.42. The van der Waals surface area contributed by atoms with Crippen LogP contribution in [0.2, 0.25) is 0 Å². The number of ether oxygens (including phenoxy) is 2. The summed E-state index contributed by atoms with van der Waals surface area (Å²) >= 11 is 0. The Hall–Kier alpha value is -2.24. The van der Waals surface area contributed by atoms with Crippen LogP contribution in [0.4, 0.5) is 5.69 Å². The minimum Gasteiger partial charge on any atom is -0.493 e. The Balaban J connectivity index is 3.08. The van der Waals surface area contributed by atoms with Gasteiger partial charge >= 0.3 is 5.97 Å². The van der Waals surface area contributed by atoms with E-state index in [1.165, 1.54) is 26.4 Å². The lowest BCUT2D eigenvalue weighted by molar-refractivity contribution is -0.119. The first-order valence-corrected chi connectivity index (χ1v) is 7.24. The Kier molecular flexibility index (Phi) is 6.69. The van der Waals surface area contributed by atoms with Crippen molar-refractivity contribution in [3.8, 4) is 11.5 Å². The number of hydrogen-bond donors (Lipinski definition) is 2. The van der Waals surface area contributed by atoms with Gasteiger partial charge in [0, 0.05) is 5.92 Å². The summed E-state index contributed by atoms with van der Waals surface area (Å²) in [6.45, 7) is 3.91. The lowest BCUT2D eigenvalue weighted by atomic mass is 10.0. The van der Waals surface area contributed by atoms with E-state index in [9.17, 15) is 9.59 Å². The third kappa shape index (κ3) is 4.38. The van der Waals surface area contributed by atoms with E-state index < -0.39 is 5.97 Å². The van der Waals surface area contributed by atoms with Gasteiger partial charge in [0.1, 0.15) is 0 Å². The maximum absolute atomic E-state index is 12.2. The van der Waals surface area contributed by atoms with E-state index in [0.29, 0.717) is 11.4 Å². The van der Waals surface area contributed by atoms with Crippen LogP contribution >= 0.6 is 0 Å². The number of methoxy groups -OCH3 is 2. The van der Waals surface area contributed by atoms with E-state index in [2.05, 4.69) is 12.2 Å². The number of carboxylic acids is 1. The van der Waals surface area contributed by atoms with Gasteiger partial charge in [0.05, 0.1) is 25.5 Å². The van der Waals surface area contributed by atoms with Crippen LogP contribution in [-0.2, 0) is 4.79 Å². The minimum absolute atomic E-state index is 0.0224. The number of carbonyl (C=O) groups excluding carboxylic acids is 1. The van der Waals surface area contributed by atoms with Gasteiger partial charge in [-0.2, -0.15) is 0 Å². The maximum Gasteiger partial charge on any atom is 0.335 e. The molecule has 0 aliphatic heterocycles. The second kappa shape index (κ2) is 8.26. The molecule has 1 aromatic carbocycles. The van der Waals surface area contributed by atoms with Crippen molar-refractivity contribution in [2.45, 2.75) is 33.1 Å². The lowest BCUT2D eigenvalue weighted by Gasteiger charge is -2.17. The van der Waals surface area contributed by atoms with Gasteiger partial charge in [-0.05, 0) is 18.6 Å². The fraction of sp³-hybridized carbons (Fsp3) is 0.500. The zero-order valence-corrected chi connectivity index (χ0v) is 13.4. The molecule has 0 aromatic heterocycles. The van der Waals surface area contributed by atoms with Gasteiger partial charge in [0.2, 0.25) is 5.91 Å². The zero-order chi connectivity index (χ0) is 16.7. The number of unbranched alkanes of at least 4 members (excludes halogenated alkanes) is 1. The van der Waals surface area contributed by atoms with Crippen molar-refractivity contribution in [1.82, 2.24) is 0 Å². The molecule has 0 radical (unpaired) electrons. The van der Waals surface area contributed by atoms with E-state index >= 15 is 0 Å². The van der Waals surface area contributed by atoms with Gasteiger partial charge in [0.25, 0.3) is 0 Å². The smallest absolute Gasteiger partial charge is 0.335 e. The Morgan fingerprint density at radius 1 is 1.27 bits per heavy atom. The van der Waals surface area contributed by atoms with Crippen LogP contribution < -0.4 is 14.8 Å². The molecule has 1 atom stereocenters. The van der Waals surface area contributed by atoms with Crippen molar-refractivity contribution >= 4 is 17.6 Å². The highest BCUT2D eigenvalue weighted by Gasteiger charge is 2.19. The monoisotopic (exact) mass is 309 g/mol. The first-order chi connectivity index (χ1) is 10.4. The van der Waals surface area contributed by atoms with E-state index in [-0.39, 0.29) is 23.1 Å². The fourth-order valence-corrected chi connectivity index (χ4v) is 2.08. The van der Waals surface area contributed by atoms with Crippen LogP contribution in [0.15, 0.2) is 12.1 Å². The number of carbonyl (C=O) groups is 2. The topological polar surface area (TPSA) is 84.9 Å². The van der Waals surface area contributed by atoms with Crippen molar-refractivity contribution in [2.75, 3.05) is 19.5 Å². The summed E-state index contributed by atoms with van der Waals surface area (Å²) in [6.07, 6.45) is 2.76. The van der Waals surface area contributed by atoms with Crippen LogP contribution in [0.3, 0.4) is 0 Å². The van der Waals surface area contributed by atoms with E-state index in [1.807, 2.05) is 6.92 Å². The molecule has 6 nitrogen and oxygen atoms in total. The molecule has 0 saturated carbocycles. The van der Waals surface area contributed by atoms with Gasteiger partial charge < -0.3 is 19.9 Å². The molecule has 1 rings (SSSR count). The van der Waals surface area contributed by atoms with Crippen LogP contribution in [0.25, 0.3) is 0 Å². The number of carboxylic acid groups (broad SMARTS) is 1. The molecule has 0 heterocycles. The molecular weight excluding hydrogens is 286 g/mol. The van der Waals surface area contributed by atoms with Gasteiger partial charge in [0.15, 0.2) is 11.5 Å². The minimum atomic E-state index is -1.10. The summed E-state index contributed by atoms with van der Waals surface area (Å²) < 4.78 is 10.4. The summed E-state index contributed by atoms with van der Waals surface area (Å²) in [5, 5.41) is 11.9. The number of benzene rings is 1. The normalized spacial score (nSPS) is 11.6. The first-order valence-electron chi connectivity index (χ1n) is 7.24. The molecule has 1 unspecified atom stereocenters. The third-order valence-corrected chi connectivity index (χ3v) is 3.42. The van der Waals surface area contributed by atoms with Gasteiger partial charge in [-0.3, -0.25) is 4.79 Å². The average Bonchev–Trinajstić information content (AvgIpc) is 2.51. The molecule has 0 spiro atoms. The largest absolute Gasteiger partial charge is 0.493 e. The molecule has 6 heteroatoms. The Morgan fingerprint density at radius 3 is 2.45 bits per heavy atom. The van der Waals surface area contributed by atoms with E-state index in [4.69, 9.17) is 14.6 Å². The summed E-state index contributed by atoms with van der Waals surface area (Å²) in [6, 6.07) is 2.73. The molecule has 0 bridgehead atoms. The van der Waals surface area contributed by atoms with Crippen LogP contribution in [0, 0.1) is 5.92 Å². The van der Waals surface area contributed by atoms with Crippen molar-refractivity contribution < 1.29 is 24.2 Å². The molecule has 1 amide bonds. The Morgan fingerprint density at radius 2 is 1.95 bits per heavy atom. The highest BCUT2D eigenvalue weighted by molar-refractivity contribution is 5.97. The number of anilines is 1. The Bertz CT molecular complexity index is 542. The Labute approximate surface area is 130 Å². The van der Waals surface area contributed by atoms with Crippen molar-refractivity contribution in [1.29, 1.82) is 0 Å². The molecular formula is C16H23NO5. The van der Waals surface area contributed by atoms with Gasteiger partial charge in [-0.25, -0.2) is 4.79 Å². The van der Waals surface area contributed by atoms with E-state index in [0.717, 1.165) is 19.3 Å². The second-order valence-corrected chi connectivity index (χ2v) is 5.10. The first kappa shape index (κ1) is 17.8. The van der Waals surface area contributed by atoms with Gasteiger partial charge in [-0.1, -0.05) is 26.7 Å². The van der Waals surface area contributed by atoms with Gasteiger partial charge in [-0.15, -0.1) is 0 Å². The highest BCUT2D eigenvalue weighted by Crippen LogP contribution is 2.37. The van der Waals surface area contributed by atoms with Crippen molar-refractivity contribution in [3.63, 3.8) is 0 Å². The number of aromatic carboxylic acids is 1. The zero-order valence-electron chi connectivity index (χ0n) is 13.4. The maximum atomic E-state index is 12.2. The SMILES string of the molecule is CCCCC(C)C(=O)Nc1cc(C(=O)O)cc(OC)c1OC. The number of hydrogen-bond acceptors (Lipinski definition) is 4. The standard InChI is InChI=1S/C16H23NO5/c1-5-6-7-10(2)15(18)17-12-8-11(16(19)20)9-13(21-3)14(12)22-4/h8-10H,5-7H2,1-4H3,(H,17,18)(H,19,20). The molecule has 122 valence electrons. The summed E-state index contributed by atoms with van der Waals surface area (Å²) in [5.41, 5.74) is 0.321. The lowest BCUT2D eigenvalue weighted by Crippen LogP contribution is -2.21. The van der Waals surface area contributed by atoms with Crippen molar-refractivity contribution in [2.24, 2.45) is 5.92 Å². The quantitative estimate of drug-likeness (QED) is 0.770. The summed E-state index contributed by atoms with van der Waals surface area (Å²) in [4.78, 5) is 23.4. The summed E-state index contributed by atoms with van der Waals surface area (Å²) in [7, 11) is 2.85. The predicted octanol–water partition coefficient (Wildman–Crippen LogP) is 3.17. The average molecular weight is 309 g/mol. The van der Waals surface area contributed by atoms with Crippen LogP contribution in [0.1, 0.15) is 43.5 Å². The molecule has 0 aliphatic carbocycles. The molecule has 0 fully saturated rings. The number of rotatable bonds is 8. The number of nitrogens with one attached hydrogen (secondary N) is 1. The fourth-order valence-electron chi connectivity index (χ4n) is 2.08. The highest BCUT2D eigenvalue weighted by atomic mass is 16.5. The molecule has 0 aliphatic rings. The molecule has 0 saturated heterocycles. The second-order valence-electron chi connectivity index (χ2n) is 5.10. The predicted molar refractivity (Wildman–Crippen MR) is 83.8 cm³/mol. The van der Waals surface area contributed by atoms with E-state index in [1.54, 1.807) is 0 Å². The van der Waals surface area contributed by atoms with Crippen LogP contribution in [-0.4, -0.2) is 31.2 Å². The number of amides is 1.